The van der Waals surface area contributed by atoms with Crippen LogP contribution < -0.4 is 5.32 Å². The van der Waals surface area contributed by atoms with E-state index < -0.39 is 0 Å². The third-order valence-corrected chi connectivity index (χ3v) is 3.55. The van der Waals surface area contributed by atoms with Crippen LogP contribution >= 0.6 is 0 Å². The minimum absolute atomic E-state index is 0.00966. The number of imidazole rings is 1. The van der Waals surface area contributed by atoms with Gasteiger partial charge in [-0.3, -0.25) is 9.48 Å². The Bertz CT molecular complexity index is 773. The number of carbonyl (C=O) groups excluding carboxylic acids is 1. The van der Waals surface area contributed by atoms with Crippen molar-refractivity contribution >= 4 is 22.5 Å². The topological polar surface area (TPSA) is 75.6 Å². The lowest BCUT2D eigenvalue weighted by Gasteiger charge is -2.09. The predicted octanol–water partition coefficient (Wildman–Crippen LogP) is 2.91. The van der Waals surface area contributed by atoms with Crippen LogP contribution in [0.15, 0.2) is 36.9 Å². The van der Waals surface area contributed by atoms with Gasteiger partial charge in [0.15, 0.2) is 0 Å². The molecule has 0 aliphatic rings. The second kappa shape index (κ2) is 6.01. The van der Waals surface area contributed by atoms with E-state index in [-0.39, 0.29) is 11.9 Å². The molecular weight excluding hydrogens is 278 g/mol. The molecule has 0 atom stereocenters. The normalized spacial score (nSPS) is 11.2. The molecule has 0 bridgehead atoms. The molecule has 0 aliphatic heterocycles. The summed E-state index contributed by atoms with van der Waals surface area (Å²) in [4.78, 5) is 19.0. The third-order valence-electron chi connectivity index (χ3n) is 3.55. The van der Waals surface area contributed by atoms with Crippen molar-refractivity contribution in [3.8, 4) is 0 Å². The van der Waals surface area contributed by atoms with Crippen molar-refractivity contribution < 1.29 is 4.79 Å². The number of aryl methyl sites for hydroxylation is 1. The van der Waals surface area contributed by atoms with Crippen molar-refractivity contribution in [2.45, 2.75) is 32.7 Å². The van der Waals surface area contributed by atoms with E-state index in [9.17, 15) is 4.79 Å². The molecule has 0 unspecified atom stereocenters. The molecule has 0 radical (unpaired) electrons. The second-order valence-electron chi connectivity index (χ2n) is 5.58. The number of aromatic amines is 1. The number of nitrogens with zero attached hydrogens (tertiary/aromatic N) is 3. The van der Waals surface area contributed by atoms with E-state index in [4.69, 9.17) is 0 Å². The number of H-pyrrole nitrogens is 1. The van der Waals surface area contributed by atoms with Crippen LogP contribution in [0.25, 0.3) is 10.9 Å². The smallest absolute Gasteiger partial charge is 0.224 e. The van der Waals surface area contributed by atoms with Crippen molar-refractivity contribution in [1.82, 2.24) is 19.7 Å². The van der Waals surface area contributed by atoms with Crippen LogP contribution in [0.5, 0.6) is 0 Å². The number of carbonyl (C=O) groups is 1. The first-order valence-corrected chi connectivity index (χ1v) is 7.38. The van der Waals surface area contributed by atoms with Gasteiger partial charge in [0.2, 0.25) is 5.91 Å². The van der Waals surface area contributed by atoms with Gasteiger partial charge in [0.1, 0.15) is 0 Å². The summed E-state index contributed by atoms with van der Waals surface area (Å²) in [5, 5.41) is 8.39. The van der Waals surface area contributed by atoms with Crippen LogP contribution in [0.4, 0.5) is 5.69 Å². The molecule has 2 N–H and O–H groups in total. The van der Waals surface area contributed by atoms with E-state index >= 15 is 0 Å². The van der Waals surface area contributed by atoms with E-state index in [1.54, 1.807) is 12.5 Å². The van der Waals surface area contributed by atoms with Crippen LogP contribution in [-0.4, -0.2) is 25.7 Å². The molecule has 22 heavy (non-hydrogen) atoms. The molecule has 6 nitrogen and oxygen atoms in total. The predicted molar refractivity (Wildman–Crippen MR) is 85.7 cm³/mol. The first-order valence-electron chi connectivity index (χ1n) is 7.38. The van der Waals surface area contributed by atoms with Crippen molar-refractivity contribution in [1.29, 1.82) is 0 Å². The summed E-state index contributed by atoms with van der Waals surface area (Å²) in [6, 6.07) is 6.13. The molecule has 6 heteroatoms. The van der Waals surface area contributed by atoms with Crippen LogP contribution in [0.3, 0.4) is 0 Å². The molecule has 2 heterocycles. The Morgan fingerprint density at radius 3 is 2.95 bits per heavy atom. The maximum Gasteiger partial charge on any atom is 0.224 e. The summed E-state index contributed by atoms with van der Waals surface area (Å²) in [6.07, 6.45) is 6.27. The molecule has 114 valence electrons. The number of nitrogens with one attached hydrogen (secondary N) is 2. The highest BCUT2D eigenvalue weighted by molar-refractivity contribution is 5.93. The van der Waals surface area contributed by atoms with Crippen LogP contribution in [-0.2, 0) is 11.2 Å². The van der Waals surface area contributed by atoms with Crippen molar-refractivity contribution in [3.63, 3.8) is 0 Å². The Kier molecular flexibility index (Phi) is 3.91. The molecular formula is C16H19N5O. The molecule has 1 aromatic carbocycles. The van der Waals surface area contributed by atoms with Crippen LogP contribution in [0, 0.1) is 0 Å². The Labute approximate surface area is 128 Å². The standard InChI is InChI=1S/C16H19N5O/c1-11(2)21-15-7-13(4-3-12(15)8-19-21)20-16(22)6-5-14-9-17-10-18-14/h3-4,7-11H,5-6H2,1-2H3,(H,17,18)(H,20,22). The van der Waals surface area contributed by atoms with Gasteiger partial charge in [0, 0.05) is 35.4 Å². The fourth-order valence-corrected chi connectivity index (χ4v) is 2.42. The zero-order valence-electron chi connectivity index (χ0n) is 12.7. The highest BCUT2D eigenvalue weighted by atomic mass is 16.1. The van der Waals surface area contributed by atoms with E-state index in [2.05, 4.69) is 34.2 Å². The summed E-state index contributed by atoms with van der Waals surface area (Å²) in [6.45, 7) is 4.17. The van der Waals surface area contributed by atoms with Gasteiger partial charge in [-0.2, -0.15) is 5.10 Å². The largest absolute Gasteiger partial charge is 0.348 e. The molecule has 0 saturated heterocycles. The molecule has 2 aromatic heterocycles. The molecule has 0 saturated carbocycles. The fraction of sp³-hybridized carbons (Fsp3) is 0.312. The third kappa shape index (κ3) is 3.00. The number of amides is 1. The maximum absolute atomic E-state index is 12.0. The number of anilines is 1. The number of benzene rings is 1. The fourth-order valence-electron chi connectivity index (χ4n) is 2.42. The second-order valence-corrected chi connectivity index (χ2v) is 5.58. The van der Waals surface area contributed by atoms with Gasteiger partial charge >= 0.3 is 0 Å². The summed E-state index contributed by atoms with van der Waals surface area (Å²) >= 11 is 0. The molecule has 3 aromatic rings. The zero-order valence-corrected chi connectivity index (χ0v) is 12.7. The van der Waals surface area contributed by atoms with E-state index in [1.807, 2.05) is 29.1 Å². The number of hydrogen-bond donors (Lipinski definition) is 2. The van der Waals surface area contributed by atoms with Gasteiger partial charge in [-0.05, 0) is 38.5 Å². The van der Waals surface area contributed by atoms with Gasteiger partial charge in [-0.25, -0.2) is 4.98 Å². The monoisotopic (exact) mass is 297 g/mol. The van der Waals surface area contributed by atoms with Crippen molar-refractivity contribution in [2.75, 3.05) is 5.32 Å². The average molecular weight is 297 g/mol. The van der Waals surface area contributed by atoms with Crippen molar-refractivity contribution in [3.05, 3.63) is 42.6 Å². The summed E-state index contributed by atoms with van der Waals surface area (Å²) in [7, 11) is 0. The SMILES string of the molecule is CC(C)n1ncc2ccc(NC(=O)CCc3cnc[nH]3)cc21. The van der Waals surface area contributed by atoms with Gasteiger partial charge in [-0.15, -0.1) is 0 Å². The lowest BCUT2D eigenvalue weighted by atomic mass is 10.2. The number of fused-ring (bicyclic) bond motifs is 1. The number of rotatable bonds is 5. The molecule has 0 fully saturated rings. The molecule has 3 rings (SSSR count). The van der Waals surface area contributed by atoms with Gasteiger partial charge < -0.3 is 10.3 Å². The lowest BCUT2D eigenvalue weighted by molar-refractivity contribution is -0.116. The summed E-state index contributed by atoms with van der Waals surface area (Å²) < 4.78 is 1.95. The first-order chi connectivity index (χ1) is 10.6. The quantitative estimate of drug-likeness (QED) is 0.760. The minimum atomic E-state index is -0.00966. The van der Waals surface area contributed by atoms with Crippen molar-refractivity contribution in [2.24, 2.45) is 0 Å². The molecule has 0 spiro atoms. The Hall–Kier alpha value is -2.63. The lowest BCUT2D eigenvalue weighted by Crippen LogP contribution is -2.12. The first kappa shape index (κ1) is 14.3. The van der Waals surface area contributed by atoms with Gasteiger partial charge in [0.25, 0.3) is 0 Å². The summed E-state index contributed by atoms with van der Waals surface area (Å²) in [5.74, 6) is -0.00966. The summed E-state index contributed by atoms with van der Waals surface area (Å²) in [5.41, 5.74) is 2.79. The highest BCUT2D eigenvalue weighted by Gasteiger charge is 2.08. The van der Waals surface area contributed by atoms with E-state index in [0.717, 1.165) is 22.3 Å². The minimum Gasteiger partial charge on any atom is -0.348 e. The number of hydrogen-bond acceptors (Lipinski definition) is 3. The van der Waals surface area contributed by atoms with E-state index in [0.29, 0.717) is 12.8 Å². The van der Waals surface area contributed by atoms with Gasteiger partial charge in [-0.1, -0.05) is 0 Å². The zero-order chi connectivity index (χ0) is 15.5. The van der Waals surface area contributed by atoms with Gasteiger partial charge in [0.05, 0.1) is 18.0 Å². The Morgan fingerprint density at radius 2 is 2.23 bits per heavy atom. The van der Waals surface area contributed by atoms with E-state index in [1.165, 1.54) is 0 Å². The Balaban J connectivity index is 1.70. The van der Waals surface area contributed by atoms with Crippen LogP contribution in [0.2, 0.25) is 0 Å². The Morgan fingerprint density at radius 1 is 1.36 bits per heavy atom. The maximum atomic E-state index is 12.0. The van der Waals surface area contributed by atoms with Crippen LogP contribution in [0.1, 0.15) is 32.0 Å². The average Bonchev–Trinajstić information content (AvgIpc) is 3.14. The molecule has 1 amide bonds. The molecule has 0 aliphatic carbocycles. The number of aromatic nitrogens is 4. The highest BCUT2D eigenvalue weighted by Crippen LogP contribution is 2.21.